The fourth-order valence-electron chi connectivity index (χ4n) is 4.59. The summed E-state index contributed by atoms with van der Waals surface area (Å²) in [5, 5.41) is 8.55. The highest BCUT2D eigenvalue weighted by molar-refractivity contribution is 6.31. The Morgan fingerprint density at radius 2 is 1.63 bits per heavy atom. The third kappa shape index (κ3) is 9.65. The van der Waals surface area contributed by atoms with Crippen LogP contribution in [0.25, 0.3) is 22.5 Å². The van der Waals surface area contributed by atoms with Gasteiger partial charge in [0.05, 0.1) is 23.3 Å². The van der Waals surface area contributed by atoms with Crippen molar-refractivity contribution in [2.45, 2.75) is 65.8 Å². The van der Waals surface area contributed by atoms with Crippen molar-refractivity contribution in [2.24, 2.45) is 0 Å². The summed E-state index contributed by atoms with van der Waals surface area (Å²) in [7, 11) is 0. The number of ether oxygens (including phenoxy) is 2. The van der Waals surface area contributed by atoms with Crippen molar-refractivity contribution in [3.8, 4) is 28.3 Å². The number of hydrogen-bond acceptors (Lipinski definition) is 9. The Labute approximate surface area is 290 Å². The second-order valence-corrected chi connectivity index (χ2v) is 13.5. The number of hydroxylamine groups is 1. The van der Waals surface area contributed by atoms with Gasteiger partial charge in [-0.1, -0.05) is 77.4 Å². The highest BCUT2D eigenvalue weighted by Crippen LogP contribution is 2.39. The van der Waals surface area contributed by atoms with E-state index in [1.54, 1.807) is 71.9 Å². The zero-order chi connectivity index (χ0) is 35.2. The van der Waals surface area contributed by atoms with E-state index in [9.17, 15) is 9.59 Å². The molecule has 3 aromatic carbocycles. The van der Waals surface area contributed by atoms with Crippen molar-refractivity contribution < 1.29 is 28.4 Å². The first-order valence-electron chi connectivity index (χ1n) is 15.6. The lowest BCUT2D eigenvalue weighted by Crippen LogP contribution is -2.42. The van der Waals surface area contributed by atoms with Crippen LogP contribution in [0, 0.1) is 0 Å². The second kappa shape index (κ2) is 14.9. The molecule has 0 aliphatic heterocycles. The lowest BCUT2D eigenvalue weighted by molar-refractivity contribution is -0.115. The maximum Gasteiger partial charge on any atom is 0.442 e. The van der Waals surface area contributed by atoms with Crippen LogP contribution >= 0.6 is 11.6 Å². The number of aromatic nitrogens is 3. The summed E-state index contributed by atoms with van der Waals surface area (Å²) in [6.07, 6.45) is 0.646. The third-order valence-corrected chi connectivity index (χ3v) is 6.98. The highest BCUT2D eigenvalue weighted by atomic mass is 35.5. The Bertz CT molecular complexity index is 1920. The molecule has 12 heteroatoms. The van der Waals surface area contributed by atoms with Gasteiger partial charge in [-0.3, -0.25) is 14.9 Å². The van der Waals surface area contributed by atoms with E-state index in [0.717, 1.165) is 10.6 Å². The quantitative estimate of drug-likeness (QED) is 0.144. The molecule has 0 bridgehead atoms. The van der Waals surface area contributed by atoms with Crippen LogP contribution in [-0.4, -0.2) is 38.3 Å². The van der Waals surface area contributed by atoms with Gasteiger partial charge in [-0.2, -0.15) is 0 Å². The minimum atomic E-state index is -0.817. The zero-order valence-electron chi connectivity index (χ0n) is 28.2. The van der Waals surface area contributed by atoms with Gasteiger partial charge in [0.25, 0.3) is 5.95 Å². The maximum absolute atomic E-state index is 13.3. The van der Waals surface area contributed by atoms with Gasteiger partial charge in [-0.25, -0.2) is 14.8 Å². The van der Waals surface area contributed by atoms with Gasteiger partial charge < -0.3 is 14.0 Å². The molecule has 0 aliphatic rings. The predicted octanol–water partition coefficient (Wildman–Crippen LogP) is 8.68. The molecule has 1 N–H and O–H groups in total. The van der Waals surface area contributed by atoms with Crippen molar-refractivity contribution in [2.75, 3.05) is 10.4 Å². The van der Waals surface area contributed by atoms with Crippen molar-refractivity contribution in [1.29, 1.82) is 0 Å². The third-order valence-electron chi connectivity index (χ3n) is 6.61. The van der Waals surface area contributed by atoms with Crippen LogP contribution in [0.2, 0.25) is 5.02 Å². The molecular weight excluding hydrogens is 646 g/mol. The number of carbonyl (C=O) groups is 2. The van der Waals surface area contributed by atoms with E-state index in [1.165, 1.54) is 6.20 Å². The van der Waals surface area contributed by atoms with E-state index in [2.05, 4.69) is 20.4 Å². The Morgan fingerprint density at radius 1 is 0.898 bits per heavy atom. The summed E-state index contributed by atoms with van der Waals surface area (Å²) in [6, 6.07) is 25.8. The van der Waals surface area contributed by atoms with E-state index in [0.29, 0.717) is 39.8 Å². The second-order valence-electron chi connectivity index (χ2n) is 13.1. The van der Waals surface area contributed by atoms with Crippen molar-refractivity contribution in [1.82, 2.24) is 15.1 Å². The largest absolute Gasteiger partial charge is 0.489 e. The molecule has 0 aliphatic carbocycles. The molecule has 5 rings (SSSR count). The molecule has 11 nitrogen and oxygen atoms in total. The Balaban J connectivity index is 1.55. The van der Waals surface area contributed by atoms with Crippen molar-refractivity contribution in [3.05, 3.63) is 107 Å². The smallest absolute Gasteiger partial charge is 0.442 e. The molecule has 0 saturated heterocycles. The minimum Gasteiger partial charge on any atom is -0.489 e. The zero-order valence-corrected chi connectivity index (χ0v) is 28.9. The number of nitrogens with one attached hydrogen (secondary N) is 1. The molecule has 0 saturated carbocycles. The topological polar surface area (TPSA) is 129 Å². The van der Waals surface area contributed by atoms with E-state index < -0.39 is 23.2 Å². The number of carbonyl (C=O) groups excluding carboxylic acids is 2. The predicted molar refractivity (Wildman–Crippen MR) is 187 cm³/mol. The van der Waals surface area contributed by atoms with E-state index >= 15 is 0 Å². The normalized spacial score (nSPS) is 11.6. The minimum absolute atomic E-state index is 0.0151. The SMILES string of the molecule is CC(C)(C)OC(=O)N(OC(C)(C)C)c1nccc(-c2c(-c3cccc(OCc4ccccc4)c3)noc2NC(=O)Cc2ccccc2Cl)n1. The summed E-state index contributed by atoms with van der Waals surface area (Å²) >= 11 is 6.32. The van der Waals surface area contributed by atoms with Gasteiger partial charge in [-0.15, -0.1) is 5.06 Å². The number of halogens is 1. The van der Waals surface area contributed by atoms with Crippen LogP contribution < -0.4 is 15.1 Å². The molecule has 0 fully saturated rings. The van der Waals surface area contributed by atoms with Gasteiger partial charge in [-0.05, 0) is 76.9 Å². The molecule has 49 heavy (non-hydrogen) atoms. The van der Waals surface area contributed by atoms with Crippen LogP contribution in [0.5, 0.6) is 5.75 Å². The molecule has 2 aromatic heterocycles. The van der Waals surface area contributed by atoms with Gasteiger partial charge >= 0.3 is 6.09 Å². The lowest BCUT2D eigenvalue weighted by Gasteiger charge is -2.30. The molecule has 0 atom stereocenters. The van der Waals surface area contributed by atoms with Gasteiger partial charge in [0.2, 0.25) is 11.8 Å². The number of benzene rings is 3. The Hall–Kier alpha value is -5.26. The van der Waals surface area contributed by atoms with Crippen molar-refractivity contribution in [3.63, 3.8) is 0 Å². The lowest BCUT2D eigenvalue weighted by atomic mass is 10.0. The summed E-state index contributed by atoms with van der Waals surface area (Å²) in [4.78, 5) is 41.6. The summed E-state index contributed by atoms with van der Waals surface area (Å²) in [6.45, 7) is 11.0. The molecule has 0 unspecified atom stereocenters. The van der Waals surface area contributed by atoms with Crippen LogP contribution in [0.3, 0.4) is 0 Å². The van der Waals surface area contributed by atoms with Crippen LogP contribution in [0.15, 0.2) is 95.6 Å². The molecule has 254 valence electrons. The summed E-state index contributed by atoms with van der Waals surface area (Å²) in [5.41, 5.74) is 1.66. The van der Waals surface area contributed by atoms with Crippen molar-refractivity contribution >= 4 is 35.4 Å². The number of amides is 2. The van der Waals surface area contributed by atoms with Crippen LogP contribution in [0.1, 0.15) is 52.7 Å². The number of nitrogens with zero attached hydrogens (tertiary/aromatic N) is 4. The first-order chi connectivity index (χ1) is 23.3. The molecule has 5 aromatic rings. The molecule has 0 radical (unpaired) electrons. The summed E-state index contributed by atoms with van der Waals surface area (Å²) in [5.74, 6) is 0.144. The monoisotopic (exact) mass is 683 g/mol. The van der Waals surface area contributed by atoms with E-state index in [-0.39, 0.29) is 23.9 Å². The summed E-state index contributed by atoms with van der Waals surface area (Å²) < 4.78 is 17.4. The van der Waals surface area contributed by atoms with Gasteiger partial charge in [0, 0.05) is 16.8 Å². The van der Waals surface area contributed by atoms with E-state index in [1.807, 2.05) is 54.6 Å². The molecule has 2 amide bonds. The number of rotatable bonds is 10. The highest BCUT2D eigenvalue weighted by Gasteiger charge is 2.32. The number of anilines is 2. The number of hydrogen-bond donors (Lipinski definition) is 1. The fourth-order valence-corrected chi connectivity index (χ4v) is 4.79. The van der Waals surface area contributed by atoms with E-state index in [4.69, 9.17) is 30.4 Å². The average molecular weight is 684 g/mol. The average Bonchev–Trinajstić information content (AvgIpc) is 3.46. The first kappa shape index (κ1) is 35.1. The molecule has 0 spiro atoms. The van der Waals surface area contributed by atoms with Crippen LogP contribution in [0.4, 0.5) is 16.6 Å². The Kier molecular flexibility index (Phi) is 10.6. The first-order valence-corrected chi connectivity index (χ1v) is 16.0. The Morgan fingerprint density at radius 3 is 2.35 bits per heavy atom. The molecular formula is C37H38ClN5O6. The standard InChI is InChI=1S/C37H38ClN5O6/c1-36(2,3)47-35(45)43(49-37(4,5)6)34-39-20-19-29(40-34)31-32(26-16-12-17-27(21-26)46-23-24-13-8-7-9-14-24)42-48-33(31)41-30(44)22-25-15-10-11-18-28(25)38/h7-21H,22-23H2,1-6H3,(H,41,44). The molecule has 2 heterocycles. The van der Waals surface area contributed by atoms with Gasteiger partial charge in [0.1, 0.15) is 23.7 Å². The van der Waals surface area contributed by atoms with Crippen LogP contribution in [-0.2, 0) is 27.4 Å². The van der Waals surface area contributed by atoms with Gasteiger partial charge in [0.15, 0.2) is 0 Å². The maximum atomic E-state index is 13.3. The fraction of sp³-hybridized carbons (Fsp3) is 0.270.